The van der Waals surface area contributed by atoms with Crippen molar-refractivity contribution >= 4 is 12.1 Å². The van der Waals surface area contributed by atoms with Gasteiger partial charge >= 0.3 is 6.09 Å². The molecule has 0 aromatic heterocycles. The van der Waals surface area contributed by atoms with Gasteiger partial charge in [0, 0.05) is 19.2 Å². The number of benzene rings is 1. The van der Waals surface area contributed by atoms with Crippen molar-refractivity contribution in [3.05, 3.63) is 30.1 Å². The molecule has 0 atom stereocenters. The van der Waals surface area contributed by atoms with Crippen LogP contribution in [0, 0.1) is 5.82 Å². The Bertz CT molecular complexity index is 588. The molecule has 0 aliphatic rings. The number of nitrogens with one attached hydrogen (secondary N) is 3. The van der Waals surface area contributed by atoms with Crippen molar-refractivity contribution in [2.24, 2.45) is 4.99 Å². The molecule has 1 rings (SSSR count). The van der Waals surface area contributed by atoms with Gasteiger partial charge in [0.1, 0.15) is 23.8 Å². The van der Waals surface area contributed by atoms with Gasteiger partial charge in [0.15, 0.2) is 5.96 Å². The Hall–Kier alpha value is -2.51. The normalized spacial score (nSPS) is 11.7. The lowest BCUT2D eigenvalue weighted by molar-refractivity contribution is 0.0529. The van der Waals surface area contributed by atoms with Crippen LogP contribution in [0.4, 0.5) is 9.18 Å². The SMILES string of the molecule is CCNC(=NCCNC(=O)OC(C)(C)C)NCCOc1cccc(F)c1. The van der Waals surface area contributed by atoms with Gasteiger partial charge in [-0.05, 0) is 39.8 Å². The van der Waals surface area contributed by atoms with Crippen molar-refractivity contribution in [1.82, 2.24) is 16.0 Å². The molecule has 1 amide bonds. The summed E-state index contributed by atoms with van der Waals surface area (Å²) in [5.74, 6) is 0.763. The lowest BCUT2D eigenvalue weighted by Gasteiger charge is -2.19. The molecule has 146 valence electrons. The Kier molecular flexibility index (Phi) is 9.25. The average molecular weight is 368 g/mol. The zero-order valence-corrected chi connectivity index (χ0v) is 15.9. The van der Waals surface area contributed by atoms with Crippen molar-refractivity contribution in [2.45, 2.75) is 33.3 Å². The van der Waals surface area contributed by atoms with E-state index in [2.05, 4.69) is 20.9 Å². The number of hydrogen-bond donors (Lipinski definition) is 3. The molecule has 0 bridgehead atoms. The zero-order valence-electron chi connectivity index (χ0n) is 15.9. The second kappa shape index (κ2) is 11.2. The van der Waals surface area contributed by atoms with E-state index in [-0.39, 0.29) is 5.82 Å². The molecule has 1 aromatic rings. The first kappa shape index (κ1) is 21.5. The summed E-state index contributed by atoms with van der Waals surface area (Å²) < 4.78 is 23.7. The highest BCUT2D eigenvalue weighted by Crippen LogP contribution is 2.11. The lowest BCUT2D eigenvalue weighted by Crippen LogP contribution is -2.40. The van der Waals surface area contributed by atoms with Crippen LogP contribution in [0.15, 0.2) is 29.3 Å². The second-order valence-corrected chi connectivity index (χ2v) is 6.42. The first-order valence-electron chi connectivity index (χ1n) is 8.67. The fraction of sp³-hybridized carbons (Fsp3) is 0.556. The van der Waals surface area contributed by atoms with E-state index >= 15 is 0 Å². The van der Waals surface area contributed by atoms with E-state index in [4.69, 9.17) is 9.47 Å². The standard InChI is InChI=1S/C18H29FN4O3/c1-5-20-16(21-9-10-23-17(24)26-18(2,3)4)22-11-12-25-15-8-6-7-14(19)13-15/h6-8,13H,5,9-12H2,1-4H3,(H,23,24)(H2,20,21,22). The van der Waals surface area contributed by atoms with Crippen molar-refractivity contribution in [1.29, 1.82) is 0 Å². The molecule has 0 unspecified atom stereocenters. The van der Waals surface area contributed by atoms with Crippen LogP contribution < -0.4 is 20.7 Å². The summed E-state index contributed by atoms with van der Waals surface area (Å²) in [6.07, 6.45) is -0.464. The maximum absolute atomic E-state index is 13.1. The largest absolute Gasteiger partial charge is 0.492 e. The van der Waals surface area contributed by atoms with Crippen LogP contribution in [0.2, 0.25) is 0 Å². The van der Waals surface area contributed by atoms with Gasteiger partial charge < -0.3 is 25.4 Å². The van der Waals surface area contributed by atoms with E-state index in [0.717, 1.165) is 0 Å². The fourth-order valence-electron chi connectivity index (χ4n) is 1.88. The number of carbonyl (C=O) groups is 1. The molecule has 0 fully saturated rings. The van der Waals surface area contributed by atoms with Gasteiger partial charge in [0.05, 0.1) is 13.1 Å². The minimum absolute atomic E-state index is 0.331. The summed E-state index contributed by atoms with van der Waals surface area (Å²) in [6, 6.07) is 6.00. The summed E-state index contributed by atoms with van der Waals surface area (Å²) in [5.41, 5.74) is -0.522. The van der Waals surface area contributed by atoms with Crippen LogP contribution in [0.5, 0.6) is 5.75 Å². The highest BCUT2D eigenvalue weighted by Gasteiger charge is 2.15. The number of rotatable bonds is 8. The van der Waals surface area contributed by atoms with E-state index < -0.39 is 11.7 Å². The van der Waals surface area contributed by atoms with Crippen LogP contribution in [-0.2, 0) is 4.74 Å². The number of carbonyl (C=O) groups excluding carboxylic acids is 1. The molecule has 0 aliphatic heterocycles. The predicted octanol–water partition coefficient (Wildman–Crippen LogP) is 2.28. The predicted molar refractivity (Wildman–Crippen MR) is 100 cm³/mol. The highest BCUT2D eigenvalue weighted by atomic mass is 19.1. The molecular formula is C18H29FN4O3. The van der Waals surface area contributed by atoms with Gasteiger partial charge in [-0.15, -0.1) is 0 Å². The number of amides is 1. The Morgan fingerprint density at radius 3 is 2.62 bits per heavy atom. The topological polar surface area (TPSA) is 84.0 Å². The van der Waals surface area contributed by atoms with E-state index in [1.54, 1.807) is 12.1 Å². The smallest absolute Gasteiger partial charge is 0.407 e. The monoisotopic (exact) mass is 368 g/mol. The minimum atomic E-state index is -0.522. The maximum Gasteiger partial charge on any atom is 0.407 e. The first-order valence-corrected chi connectivity index (χ1v) is 8.67. The van der Waals surface area contributed by atoms with Gasteiger partial charge in [-0.25, -0.2) is 9.18 Å². The number of alkyl carbamates (subject to hydrolysis) is 1. The van der Waals surface area contributed by atoms with Crippen molar-refractivity contribution in [3.8, 4) is 5.75 Å². The summed E-state index contributed by atoms with van der Waals surface area (Å²) in [6.45, 7) is 9.73. The molecule has 0 spiro atoms. The first-order chi connectivity index (χ1) is 12.3. The average Bonchev–Trinajstić information content (AvgIpc) is 2.54. The number of nitrogens with zero attached hydrogens (tertiary/aromatic N) is 1. The third-order valence-electron chi connectivity index (χ3n) is 2.85. The molecule has 8 heteroatoms. The third-order valence-corrected chi connectivity index (χ3v) is 2.85. The van der Waals surface area contributed by atoms with Gasteiger partial charge in [0.25, 0.3) is 0 Å². The number of halogens is 1. The summed E-state index contributed by atoms with van der Waals surface area (Å²) in [4.78, 5) is 15.9. The Morgan fingerprint density at radius 2 is 1.96 bits per heavy atom. The Balaban J connectivity index is 2.29. The van der Waals surface area contributed by atoms with Gasteiger partial charge in [-0.2, -0.15) is 0 Å². The fourth-order valence-corrected chi connectivity index (χ4v) is 1.88. The molecule has 7 nitrogen and oxygen atoms in total. The quantitative estimate of drug-likeness (QED) is 0.372. The van der Waals surface area contributed by atoms with E-state index in [0.29, 0.717) is 44.5 Å². The Morgan fingerprint density at radius 1 is 1.19 bits per heavy atom. The van der Waals surface area contributed by atoms with Crippen LogP contribution in [0.25, 0.3) is 0 Å². The van der Waals surface area contributed by atoms with Crippen LogP contribution in [0.3, 0.4) is 0 Å². The lowest BCUT2D eigenvalue weighted by atomic mass is 10.2. The minimum Gasteiger partial charge on any atom is -0.492 e. The van der Waals surface area contributed by atoms with Crippen LogP contribution in [-0.4, -0.2) is 50.4 Å². The third kappa shape index (κ3) is 10.4. The molecule has 0 aliphatic carbocycles. The molecular weight excluding hydrogens is 339 g/mol. The van der Waals surface area contributed by atoms with Crippen LogP contribution >= 0.6 is 0 Å². The van der Waals surface area contributed by atoms with E-state index in [1.165, 1.54) is 12.1 Å². The number of hydrogen-bond acceptors (Lipinski definition) is 4. The summed E-state index contributed by atoms with van der Waals surface area (Å²) in [7, 11) is 0. The van der Waals surface area contributed by atoms with E-state index in [9.17, 15) is 9.18 Å². The number of guanidine groups is 1. The van der Waals surface area contributed by atoms with E-state index in [1.807, 2.05) is 27.7 Å². The molecule has 0 heterocycles. The zero-order chi connectivity index (χ0) is 19.4. The Labute approximate surface area is 154 Å². The molecule has 0 saturated heterocycles. The second-order valence-electron chi connectivity index (χ2n) is 6.42. The molecule has 3 N–H and O–H groups in total. The molecule has 0 saturated carbocycles. The number of aliphatic imine (C=N–C) groups is 1. The van der Waals surface area contributed by atoms with Crippen molar-refractivity contribution in [2.75, 3.05) is 32.8 Å². The summed E-state index contributed by atoms with van der Waals surface area (Å²) >= 11 is 0. The summed E-state index contributed by atoms with van der Waals surface area (Å²) in [5, 5.41) is 8.85. The van der Waals surface area contributed by atoms with Crippen molar-refractivity contribution < 1.29 is 18.7 Å². The van der Waals surface area contributed by atoms with Gasteiger partial charge in [-0.3, -0.25) is 4.99 Å². The number of ether oxygens (including phenoxy) is 2. The molecule has 26 heavy (non-hydrogen) atoms. The van der Waals surface area contributed by atoms with Crippen LogP contribution in [0.1, 0.15) is 27.7 Å². The molecule has 1 aromatic carbocycles. The van der Waals surface area contributed by atoms with Crippen molar-refractivity contribution in [3.63, 3.8) is 0 Å². The van der Waals surface area contributed by atoms with Gasteiger partial charge in [0.2, 0.25) is 0 Å². The van der Waals surface area contributed by atoms with Gasteiger partial charge in [-0.1, -0.05) is 6.07 Å². The molecule has 0 radical (unpaired) electrons. The highest BCUT2D eigenvalue weighted by molar-refractivity contribution is 5.79. The maximum atomic E-state index is 13.1.